The summed E-state index contributed by atoms with van der Waals surface area (Å²) in [6.07, 6.45) is 2.16. The van der Waals surface area contributed by atoms with Gasteiger partial charge in [-0.1, -0.05) is 19.9 Å². The highest BCUT2D eigenvalue weighted by Crippen LogP contribution is 2.46. The number of nitriles is 1. The number of phenolic OH excluding ortho intramolecular Hbond substituents is 1. The number of ketones is 1. The highest BCUT2D eigenvalue weighted by molar-refractivity contribution is 6.20. The molecule has 1 aromatic heterocycles. The lowest BCUT2D eigenvalue weighted by Crippen LogP contribution is -2.39. The monoisotopic (exact) mass is 457 g/mol. The number of fused-ring (bicyclic) bond motifs is 4. The fourth-order valence-electron chi connectivity index (χ4n) is 5.47. The quantitative estimate of drug-likeness (QED) is 0.568. The second-order valence-electron chi connectivity index (χ2n) is 10.5. The van der Waals surface area contributed by atoms with E-state index in [9.17, 15) is 15.2 Å². The number of carbonyl (C=O) groups is 1. The molecule has 0 unspecified atom stereocenters. The molecule has 2 heterocycles. The molecule has 2 aromatic carbocycles. The molecule has 5 rings (SSSR count). The van der Waals surface area contributed by atoms with Gasteiger partial charge < -0.3 is 19.7 Å². The molecule has 2 N–H and O–H groups in total. The van der Waals surface area contributed by atoms with Crippen molar-refractivity contribution in [3.63, 3.8) is 0 Å². The molecule has 0 radical (unpaired) electrons. The standard InChI is InChI=1S/C28H31N3O3/c1-16(2)31-9-7-17(8-10-31)15-34-24-13-21-20(12-23(24)32)26(33)25-19-6-5-18(14-29)11-22(19)30-27(25)28(21,3)4/h5-6,11-13,16-17,30,32H,7-10,15H2,1-4H3. The highest BCUT2D eigenvalue weighted by Gasteiger charge is 2.40. The van der Waals surface area contributed by atoms with Crippen molar-refractivity contribution >= 4 is 16.7 Å². The van der Waals surface area contributed by atoms with Gasteiger partial charge in [-0.05, 0) is 75.5 Å². The van der Waals surface area contributed by atoms with Gasteiger partial charge >= 0.3 is 0 Å². The summed E-state index contributed by atoms with van der Waals surface area (Å²) in [6.45, 7) is 11.3. The van der Waals surface area contributed by atoms with Crippen LogP contribution in [0.1, 0.15) is 73.3 Å². The van der Waals surface area contributed by atoms with E-state index < -0.39 is 5.41 Å². The predicted molar refractivity (Wildman–Crippen MR) is 132 cm³/mol. The van der Waals surface area contributed by atoms with Crippen molar-refractivity contribution in [3.05, 3.63) is 58.3 Å². The molecule has 176 valence electrons. The SMILES string of the molecule is CC(C)N1CCC(COc2cc3c(cc2O)C(=O)c2c([nH]c4cc(C#N)ccc24)C3(C)C)CC1. The Morgan fingerprint density at radius 1 is 1.24 bits per heavy atom. The number of carbonyl (C=O) groups excluding carboxylic acids is 1. The van der Waals surface area contributed by atoms with E-state index in [1.54, 1.807) is 18.2 Å². The first-order valence-corrected chi connectivity index (χ1v) is 12.1. The Morgan fingerprint density at radius 3 is 2.65 bits per heavy atom. The molecule has 2 aliphatic rings. The van der Waals surface area contributed by atoms with Crippen LogP contribution in [-0.4, -0.2) is 46.5 Å². The second-order valence-corrected chi connectivity index (χ2v) is 10.5. The van der Waals surface area contributed by atoms with E-state index in [4.69, 9.17) is 4.74 Å². The number of nitrogens with one attached hydrogen (secondary N) is 1. The lowest BCUT2D eigenvalue weighted by Gasteiger charge is -2.35. The number of H-pyrrole nitrogens is 1. The van der Waals surface area contributed by atoms with Gasteiger partial charge in [-0.25, -0.2) is 0 Å². The summed E-state index contributed by atoms with van der Waals surface area (Å²) in [4.78, 5) is 19.4. The molecule has 3 aromatic rings. The van der Waals surface area contributed by atoms with Gasteiger partial charge in [0.05, 0.1) is 23.8 Å². The first kappa shape index (κ1) is 22.5. The smallest absolute Gasteiger partial charge is 0.195 e. The van der Waals surface area contributed by atoms with Gasteiger partial charge in [0, 0.05) is 33.6 Å². The lowest BCUT2D eigenvalue weighted by atomic mass is 9.71. The number of phenols is 1. The third kappa shape index (κ3) is 3.56. The van der Waals surface area contributed by atoms with Gasteiger partial charge in [0.2, 0.25) is 0 Å². The van der Waals surface area contributed by atoms with E-state index in [1.807, 2.05) is 12.1 Å². The zero-order valence-corrected chi connectivity index (χ0v) is 20.2. The molecule has 0 spiro atoms. The fourth-order valence-corrected chi connectivity index (χ4v) is 5.47. The van der Waals surface area contributed by atoms with Crippen LogP contribution in [0, 0.1) is 17.2 Å². The maximum atomic E-state index is 13.5. The third-order valence-corrected chi connectivity index (χ3v) is 7.65. The van der Waals surface area contributed by atoms with Crippen molar-refractivity contribution in [2.75, 3.05) is 19.7 Å². The predicted octanol–water partition coefficient (Wildman–Crippen LogP) is 5.11. The number of piperidine rings is 1. The van der Waals surface area contributed by atoms with Crippen molar-refractivity contribution in [2.24, 2.45) is 5.92 Å². The van der Waals surface area contributed by atoms with Crippen LogP contribution in [0.25, 0.3) is 10.9 Å². The van der Waals surface area contributed by atoms with E-state index in [0.29, 0.717) is 41.0 Å². The maximum absolute atomic E-state index is 13.5. The van der Waals surface area contributed by atoms with Gasteiger partial charge in [0.25, 0.3) is 0 Å². The van der Waals surface area contributed by atoms with Crippen molar-refractivity contribution in [1.82, 2.24) is 9.88 Å². The second kappa shape index (κ2) is 8.18. The lowest BCUT2D eigenvalue weighted by molar-refractivity contribution is 0.103. The molecule has 1 fully saturated rings. The molecule has 0 amide bonds. The van der Waals surface area contributed by atoms with Crippen LogP contribution in [0.15, 0.2) is 30.3 Å². The van der Waals surface area contributed by atoms with Crippen LogP contribution in [0.5, 0.6) is 11.5 Å². The Labute approximate surface area is 200 Å². The average molecular weight is 458 g/mol. The number of aromatic hydroxyl groups is 1. The van der Waals surface area contributed by atoms with Crippen LogP contribution >= 0.6 is 0 Å². The molecule has 34 heavy (non-hydrogen) atoms. The van der Waals surface area contributed by atoms with E-state index >= 15 is 0 Å². The average Bonchev–Trinajstić information content (AvgIpc) is 3.22. The van der Waals surface area contributed by atoms with Crippen LogP contribution in [-0.2, 0) is 5.41 Å². The molecule has 1 aliphatic heterocycles. The third-order valence-electron chi connectivity index (χ3n) is 7.65. The molecule has 1 saturated heterocycles. The van der Waals surface area contributed by atoms with E-state index in [1.165, 1.54) is 0 Å². The number of nitrogens with zero attached hydrogens (tertiary/aromatic N) is 2. The van der Waals surface area contributed by atoms with Crippen molar-refractivity contribution in [2.45, 2.75) is 52.0 Å². The molecule has 1 aliphatic carbocycles. The number of rotatable bonds is 4. The van der Waals surface area contributed by atoms with Crippen LogP contribution in [0.3, 0.4) is 0 Å². The van der Waals surface area contributed by atoms with E-state index in [2.05, 4.69) is 43.6 Å². The van der Waals surface area contributed by atoms with Gasteiger partial charge in [0.15, 0.2) is 17.3 Å². The zero-order valence-electron chi connectivity index (χ0n) is 20.2. The number of hydrogen-bond donors (Lipinski definition) is 2. The minimum absolute atomic E-state index is 0.00225. The Morgan fingerprint density at radius 2 is 1.97 bits per heavy atom. The minimum Gasteiger partial charge on any atom is -0.504 e. The summed E-state index contributed by atoms with van der Waals surface area (Å²) < 4.78 is 6.12. The van der Waals surface area contributed by atoms with Crippen molar-refractivity contribution in [1.29, 1.82) is 5.26 Å². The number of hydrogen-bond acceptors (Lipinski definition) is 5. The van der Waals surface area contributed by atoms with Crippen molar-refractivity contribution in [3.8, 4) is 17.6 Å². The first-order chi connectivity index (χ1) is 16.2. The van der Waals surface area contributed by atoms with E-state index in [0.717, 1.165) is 48.1 Å². The Kier molecular flexibility index (Phi) is 5.41. The summed E-state index contributed by atoms with van der Waals surface area (Å²) >= 11 is 0. The van der Waals surface area contributed by atoms with Crippen LogP contribution in [0.4, 0.5) is 0 Å². The highest BCUT2D eigenvalue weighted by atomic mass is 16.5. The number of aromatic nitrogens is 1. The van der Waals surface area contributed by atoms with Gasteiger partial charge in [-0.15, -0.1) is 0 Å². The first-order valence-electron chi connectivity index (χ1n) is 12.1. The maximum Gasteiger partial charge on any atom is 0.195 e. The zero-order chi connectivity index (χ0) is 24.2. The van der Waals surface area contributed by atoms with Crippen molar-refractivity contribution < 1.29 is 14.6 Å². The van der Waals surface area contributed by atoms with Crippen LogP contribution < -0.4 is 4.74 Å². The van der Waals surface area contributed by atoms with E-state index in [-0.39, 0.29) is 11.5 Å². The Bertz CT molecular complexity index is 1320. The molecular weight excluding hydrogens is 426 g/mol. The summed E-state index contributed by atoms with van der Waals surface area (Å²) in [5, 5.41) is 20.8. The summed E-state index contributed by atoms with van der Waals surface area (Å²) in [6, 6.07) is 11.4. The van der Waals surface area contributed by atoms with Crippen LogP contribution in [0.2, 0.25) is 0 Å². The molecule has 6 nitrogen and oxygen atoms in total. The number of aromatic amines is 1. The largest absolute Gasteiger partial charge is 0.504 e. The van der Waals surface area contributed by atoms with Gasteiger partial charge in [-0.2, -0.15) is 5.26 Å². The van der Waals surface area contributed by atoms with Gasteiger partial charge in [-0.3, -0.25) is 4.79 Å². The fraction of sp³-hybridized carbons (Fsp3) is 0.429. The molecule has 0 atom stereocenters. The summed E-state index contributed by atoms with van der Waals surface area (Å²) in [5.41, 5.74) is 3.58. The normalized spacial score (nSPS) is 18.1. The molecule has 0 saturated carbocycles. The molecule has 6 heteroatoms. The number of likely N-dealkylation sites (tertiary alicyclic amines) is 1. The van der Waals surface area contributed by atoms with Gasteiger partial charge in [0.1, 0.15) is 0 Å². The summed E-state index contributed by atoms with van der Waals surface area (Å²) in [7, 11) is 0. The topological polar surface area (TPSA) is 89.3 Å². The number of benzene rings is 2. The molecule has 0 bridgehead atoms. The Hall–Kier alpha value is -3.30. The Balaban J connectivity index is 1.45. The molecular formula is C28H31N3O3. The summed E-state index contributed by atoms with van der Waals surface area (Å²) in [5.74, 6) is 0.757. The minimum atomic E-state index is -0.501. The number of ether oxygens (including phenoxy) is 1.